The van der Waals surface area contributed by atoms with E-state index < -0.39 is 0 Å². The van der Waals surface area contributed by atoms with E-state index in [0.717, 1.165) is 25.0 Å². The van der Waals surface area contributed by atoms with Gasteiger partial charge < -0.3 is 9.73 Å². The molecule has 1 aromatic carbocycles. The van der Waals surface area contributed by atoms with Gasteiger partial charge in [0, 0.05) is 18.9 Å². The van der Waals surface area contributed by atoms with Crippen LogP contribution in [0.15, 0.2) is 53.1 Å². The summed E-state index contributed by atoms with van der Waals surface area (Å²) in [4.78, 5) is 11.8. The molecule has 1 aromatic heterocycles. The summed E-state index contributed by atoms with van der Waals surface area (Å²) in [5, 5.41) is 3.01. The fourth-order valence-electron chi connectivity index (χ4n) is 2.23. The molecule has 0 saturated heterocycles. The number of nitrogens with one attached hydrogen (secondary N) is 1. The third kappa shape index (κ3) is 4.92. The van der Waals surface area contributed by atoms with Crippen molar-refractivity contribution in [1.82, 2.24) is 5.32 Å². The Morgan fingerprint density at radius 3 is 2.70 bits per heavy atom. The molecule has 0 aliphatic carbocycles. The van der Waals surface area contributed by atoms with Crippen LogP contribution in [0.2, 0.25) is 0 Å². The molecule has 1 heterocycles. The normalized spacial score (nSPS) is 12.1. The number of carbonyl (C=O) groups is 1. The number of benzene rings is 1. The van der Waals surface area contributed by atoms with E-state index in [0.29, 0.717) is 6.42 Å². The van der Waals surface area contributed by atoms with Crippen LogP contribution in [0.5, 0.6) is 0 Å². The molecule has 1 N–H and O–H groups in total. The van der Waals surface area contributed by atoms with Gasteiger partial charge in [-0.05, 0) is 37.5 Å². The maximum absolute atomic E-state index is 11.8. The van der Waals surface area contributed by atoms with E-state index in [1.165, 1.54) is 5.56 Å². The standard InChI is InChI=1S/C17H21NO2/c1-14(13-16-10-6-12-20-16)18-17(19)11-5-9-15-7-3-2-4-8-15/h2-4,6-8,10,12,14H,5,9,11,13H2,1H3,(H,18,19)/t14-/m0/s1. The Balaban J connectivity index is 1.65. The van der Waals surface area contributed by atoms with Crippen molar-refractivity contribution in [2.45, 2.75) is 38.6 Å². The van der Waals surface area contributed by atoms with Gasteiger partial charge in [-0.15, -0.1) is 0 Å². The van der Waals surface area contributed by atoms with E-state index in [4.69, 9.17) is 4.42 Å². The van der Waals surface area contributed by atoms with Crippen LogP contribution in [-0.4, -0.2) is 11.9 Å². The van der Waals surface area contributed by atoms with Gasteiger partial charge in [-0.25, -0.2) is 0 Å². The molecule has 0 spiro atoms. The SMILES string of the molecule is C[C@@H](Cc1ccco1)NC(=O)CCCc1ccccc1. The van der Waals surface area contributed by atoms with E-state index in [1.807, 2.05) is 37.3 Å². The van der Waals surface area contributed by atoms with Crippen LogP contribution in [0.1, 0.15) is 31.1 Å². The second-order valence-corrected chi connectivity index (χ2v) is 5.09. The summed E-state index contributed by atoms with van der Waals surface area (Å²) in [5.74, 6) is 1.02. The summed E-state index contributed by atoms with van der Waals surface area (Å²) >= 11 is 0. The number of rotatable bonds is 7. The van der Waals surface area contributed by atoms with Crippen LogP contribution >= 0.6 is 0 Å². The van der Waals surface area contributed by atoms with Gasteiger partial charge in [-0.1, -0.05) is 30.3 Å². The molecule has 3 nitrogen and oxygen atoms in total. The molecule has 1 amide bonds. The number of carbonyl (C=O) groups excluding carboxylic acids is 1. The molecule has 1 atom stereocenters. The van der Waals surface area contributed by atoms with E-state index in [1.54, 1.807) is 6.26 Å². The molecule has 0 bridgehead atoms. The Labute approximate surface area is 120 Å². The first-order chi connectivity index (χ1) is 9.74. The fraction of sp³-hybridized carbons (Fsp3) is 0.353. The second-order valence-electron chi connectivity index (χ2n) is 5.09. The Morgan fingerprint density at radius 2 is 2.00 bits per heavy atom. The lowest BCUT2D eigenvalue weighted by Gasteiger charge is -2.12. The molecule has 0 aliphatic rings. The predicted octanol–water partition coefficient (Wildman–Crippen LogP) is 3.35. The highest BCUT2D eigenvalue weighted by Gasteiger charge is 2.09. The second kappa shape index (κ2) is 7.53. The number of hydrogen-bond acceptors (Lipinski definition) is 2. The molecule has 0 radical (unpaired) electrons. The average molecular weight is 271 g/mol. The van der Waals surface area contributed by atoms with Crippen LogP contribution in [0.25, 0.3) is 0 Å². The Bertz CT molecular complexity index is 505. The van der Waals surface area contributed by atoms with Gasteiger partial charge in [0.2, 0.25) is 5.91 Å². The molecule has 20 heavy (non-hydrogen) atoms. The van der Waals surface area contributed by atoms with Crippen molar-refractivity contribution >= 4 is 5.91 Å². The minimum atomic E-state index is 0.102. The molecule has 106 valence electrons. The van der Waals surface area contributed by atoms with Crippen LogP contribution in [0.3, 0.4) is 0 Å². The van der Waals surface area contributed by atoms with Crippen LogP contribution < -0.4 is 5.32 Å². The largest absolute Gasteiger partial charge is 0.469 e. The molecule has 3 heteroatoms. The van der Waals surface area contributed by atoms with Gasteiger partial charge in [-0.3, -0.25) is 4.79 Å². The highest BCUT2D eigenvalue weighted by molar-refractivity contribution is 5.76. The lowest BCUT2D eigenvalue weighted by atomic mass is 10.1. The van der Waals surface area contributed by atoms with Crippen molar-refractivity contribution in [1.29, 1.82) is 0 Å². The fourth-order valence-corrected chi connectivity index (χ4v) is 2.23. The summed E-state index contributed by atoms with van der Waals surface area (Å²) in [6, 6.07) is 14.1. The topological polar surface area (TPSA) is 42.2 Å². The molecule has 0 fully saturated rings. The molecule has 2 rings (SSSR count). The zero-order valence-electron chi connectivity index (χ0n) is 11.8. The van der Waals surface area contributed by atoms with E-state index in [-0.39, 0.29) is 11.9 Å². The number of furan rings is 1. The Morgan fingerprint density at radius 1 is 1.20 bits per heavy atom. The molecular formula is C17H21NO2. The quantitative estimate of drug-likeness (QED) is 0.839. The summed E-state index contributed by atoms with van der Waals surface area (Å²) in [7, 11) is 0. The van der Waals surface area contributed by atoms with E-state index in [2.05, 4.69) is 17.4 Å². The Kier molecular flexibility index (Phi) is 5.42. The highest BCUT2D eigenvalue weighted by atomic mass is 16.3. The third-order valence-corrected chi connectivity index (χ3v) is 3.21. The number of aryl methyl sites for hydroxylation is 1. The van der Waals surface area contributed by atoms with E-state index in [9.17, 15) is 4.79 Å². The predicted molar refractivity (Wildman–Crippen MR) is 79.4 cm³/mol. The van der Waals surface area contributed by atoms with Crippen molar-refractivity contribution < 1.29 is 9.21 Å². The molecule has 0 aliphatic heterocycles. The smallest absolute Gasteiger partial charge is 0.220 e. The van der Waals surface area contributed by atoms with Gasteiger partial charge in [0.15, 0.2) is 0 Å². The van der Waals surface area contributed by atoms with Crippen LogP contribution in [0, 0.1) is 0 Å². The van der Waals surface area contributed by atoms with Crippen molar-refractivity contribution in [3.63, 3.8) is 0 Å². The average Bonchev–Trinajstić information content (AvgIpc) is 2.92. The van der Waals surface area contributed by atoms with Gasteiger partial charge >= 0.3 is 0 Å². The van der Waals surface area contributed by atoms with Crippen molar-refractivity contribution in [2.75, 3.05) is 0 Å². The number of amides is 1. The monoisotopic (exact) mass is 271 g/mol. The summed E-state index contributed by atoms with van der Waals surface area (Å²) in [6.07, 6.45) is 4.78. The maximum Gasteiger partial charge on any atom is 0.220 e. The van der Waals surface area contributed by atoms with Gasteiger partial charge in [0.05, 0.1) is 6.26 Å². The van der Waals surface area contributed by atoms with Crippen molar-refractivity contribution in [2.24, 2.45) is 0 Å². The zero-order chi connectivity index (χ0) is 14.2. The van der Waals surface area contributed by atoms with Crippen LogP contribution in [0.4, 0.5) is 0 Å². The highest BCUT2D eigenvalue weighted by Crippen LogP contribution is 2.06. The maximum atomic E-state index is 11.8. The van der Waals surface area contributed by atoms with Gasteiger partial charge in [0.1, 0.15) is 5.76 Å². The molecule has 2 aromatic rings. The van der Waals surface area contributed by atoms with E-state index >= 15 is 0 Å². The summed E-state index contributed by atoms with van der Waals surface area (Å²) in [6.45, 7) is 2.00. The first kappa shape index (κ1) is 14.4. The van der Waals surface area contributed by atoms with Gasteiger partial charge in [0.25, 0.3) is 0 Å². The zero-order valence-corrected chi connectivity index (χ0v) is 11.8. The first-order valence-corrected chi connectivity index (χ1v) is 7.09. The molecular weight excluding hydrogens is 250 g/mol. The van der Waals surface area contributed by atoms with Crippen molar-refractivity contribution in [3.8, 4) is 0 Å². The molecule has 0 unspecified atom stereocenters. The minimum absolute atomic E-state index is 0.102. The molecule has 0 saturated carbocycles. The number of hydrogen-bond donors (Lipinski definition) is 1. The Hall–Kier alpha value is -2.03. The minimum Gasteiger partial charge on any atom is -0.469 e. The van der Waals surface area contributed by atoms with Crippen molar-refractivity contribution in [3.05, 3.63) is 60.1 Å². The summed E-state index contributed by atoms with van der Waals surface area (Å²) < 4.78 is 5.27. The lowest BCUT2D eigenvalue weighted by molar-refractivity contribution is -0.121. The third-order valence-electron chi connectivity index (χ3n) is 3.21. The summed E-state index contributed by atoms with van der Waals surface area (Å²) in [5.41, 5.74) is 1.28. The first-order valence-electron chi connectivity index (χ1n) is 7.09. The lowest BCUT2D eigenvalue weighted by Crippen LogP contribution is -2.33. The van der Waals surface area contributed by atoms with Crippen LogP contribution in [-0.2, 0) is 17.6 Å². The van der Waals surface area contributed by atoms with Gasteiger partial charge in [-0.2, -0.15) is 0 Å².